The van der Waals surface area contributed by atoms with Crippen LogP contribution in [0.2, 0.25) is 0 Å². The summed E-state index contributed by atoms with van der Waals surface area (Å²) in [7, 11) is -3.72. The Balaban J connectivity index is 0. The van der Waals surface area contributed by atoms with Crippen LogP contribution in [0.4, 0.5) is 0 Å². The van der Waals surface area contributed by atoms with E-state index < -0.39 is 10.1 Å². The van der Waals surface area contributed by atoms with Gasteiger partial charge in [-0.3, -0.25) is 4.55 Å². The third kappa shape index (κ3) is 24.5. The van der Waals surface area contributed by atoms with E-state index in [0.717, 1.165) is 25.9 Å². The minimum atomic E-state index is -3.72. The van der Waals surface area contributed by atoms with Gasteiger partial charge in [-0.2, -0.15) is 8.42 Å². The molecule has 0 saturated heterocycles. The molecule has 0 radical (unpaired) electrons. The summed E-state index contributed by atoms with van der Waals surface area (Å²) in [5, 5.41) is 3.05. The highest BCUT2D eigenvalue weighted by Crippen LogP contribution is 2.06. The largest absolute Gasteiger partial charge is 0.310 e. The molecular formula is C13H27NO3S. The van der Waals surface area contributed by atoms with Crippen LogP contribution in [0.3, 0.4) is 0 Å². The molecule has 0 heterocycles. The Morgan fingerprint density at radius 1 is 1.17 bits per heavy atom. The van der Waals surface area contributed by atoms with Crippen LogP contribution in [0, 0.1) is 5.92 Å². The fourth-order valence-corrected chi connectivity index (χ4v) is 1.69. The Hall–Kier alpha value is -0.650. The number of rotatable bonds is 9. The highest BCUT2D eigenvalue weighted by Gasteiger charge is 2.03. The zero-order chi connectivity index (χ0) is 14.4. The van der Waals surface area contributed by atoms with Crippen molar-refractivity contribution in [3.63, 3.8) is 0 Å². The van der Waals surface area contributed by atoms with E-state index in [9.17, 15) is 8.42 Å². The van der Waals surface area contributed by atoms with Crippen molar-refractivity contribution in [1.29, 1.82) is 0 Å². The van der Waals surface area contributed by atoms with Crippen LogP contribution in [-0.4, -0.2) is 31.8 Å². The van der Waals surface area contributed by atoms with Gasteiger partial charge >= 0.3 is 0 Å². The summed E-state index contributed by atoms with van der Waals surface area (Å²) < 4.78 is 28.8. The maximum atomic E-state index is 10.2. The lowest BCUT2D eigenvalue weighted by molar-refractivity contribution is 0.475. The van der Waals surface area contributed by atoms with Gasteiger partial charge in [-0.1, -0.05) is 38.8 Å². The number of nitrogens with one attached hydrogen (secondary N) is 1. The topological polar surface area (TPSA) is 66.4 Å². The zero-order valence-electron chi connectivity index (χ0n) is 11.6. The second kappa shape index (κ2) is 12.8. The predicted molar refractivity (Wildman–Crippen MR) is 78.4 cm³/mol. The highest BCUT2D eigenvalue weighted by molar-refractivity contribution is 7.85. The van der Waals surface area contributed by atoms with Crippen molar-refractivity contribution in [2.24, 2.45) is 5.92 Å². The Labute approximate surface area is 112 Å². The van der Waals surface area contributed by atoms with E-state index in [0.29, 0.717) is 12.3 Å². The molecular weight excluding hydrogens is 250 g/mol. The molecule has 18 heavy (non-hydrogen) atoms. The van der Waals surface area contributed by atoms with Crippen molar-refractivity contribution < 1.29 is 13.0 Å². The molecule has 0 unspecified atom stereocenters. The third-order valence-electron chi connectivity index (χ3n) is 2.01. The monoisotopic (exact) mass is 277 g/mol. The zero-order valence-corrected chi connectivity index (χ0v) is 12.4. The SMILES string of the molecule is C=CCNCC=C.CC(C)CCCCS(=O)(=O)O. The van der Waals surface area contributed by atoms with Crippen molar-refractivity contribution in [2.45, 2.75) is 33.1 Å². The molecule has 0 atom stereocenters. The van der Waals surface area contributed by atoms with Crippen LogP contribution < -0.4 is 5.32 Å². The molecule has 0 bridgehead atoms. The maximum Gasteiger partial charge on any atom is 0.264 e. The van der Waals surface area contributed by atoms with Crippen LogP contribution in [0.1, 0.15) is 33.1 Å². The molecule has 0 aromatic rings. The number of unbranched alkanes of at least 4 members (excludes halogenated alkanes) is 1. The second-order valence-electron chi connectivity index (χ2n) is 4.41. The first-order valence-electron chi connectivity index (χ1n) is 6.21. The first-order chi connectivity index (χ1) is 8.33. The summed E-state index contributed by atoms with van der Waals surface area (Å²) >= 11 is 0. The van der Waals surface area contributed by atoms with Gasteiger partial charge in [0.05, 0.1) is 5.75 Å². The van der Waals surface area contributed by atoms with Gasteiger partial charge in [-0.05, 0) is 12.3 Å². The van der Waals surface area contributed by atoms with E-state index in [1.807, 2.05) is 12.2 Å². The van der Waals surface area contributed by atoms with Gasteiger partial charge < -0.3 is 5.32 Å². The van der Waals surface area contributed by atoms with Crippen molar-refractivity contribution in [3.05, 3.63) is 25.3 Å². The van der Waals surface area contributed by atoms with Crippen molar-refractivity contribution >= 4 is 10.1 Å². The lowest BCUT2D eigenvalue weighted by atomic mass is 10.1. The van der Waals surface area contributed by atoms with E-state index in [1.165, 1.54) is 0 Å². The normalized spacial score (nSPS) is 10.7. The average molecular weight is 277 g/mol. The minimum absolute atomic E-state index is 0.0975. The Kier molecular flexibility index (Phi) is 14.0. The van der Waals surface area contributed by atoms with Crippen LogP contribution in [0.25, 0.3) is 0 Å². The van der Waals surface area contributed by atoms with Gasteiger partial charge in [0.15, 0.2) is 0 Å². The van der Waals surface area contributed by atoms with E-state index in [2.05, 4.69) is 32.3 Å². The fourth-order valence-electron chi connectivity index (χ4n) is 1.12. The van der Waals surface area contributed by atoms with Crippen molar-refractivity contribution in [2.75, 3.05) is 18.8 Å². The van der Waals surface area contributed by atoms with Gasteiger partial charge in [0.25, 0.3) is 10.1 Å². The summed E-state index contributed by atoms with van der Waals surface area (Å²) in [5.41, 5.74) is 0. The lowest BCUT2D eigenvalue weighted by Gasteiger charge is -2.01. The molecule has 2 N–H and O–H groups in total. The van der Waals surface area contributed by atoms with Gasteiger partial charge in [0.2, 0.25) is 0 Å². The maximum absolute atomic E-state index is 10.2. The molecule has 0 aliphatic carbocycles. The summed E-state index contributed by atoms with van der Waals surface area (Å²) in [6.45, 7) is 13.0. The number of hydrogen-bond acceptors (Lipinski definition) is 3. The first kappa shape index (κ1) is 19.7. The second-order valence-corrected chi connectivity index (χ2v) is 5.98. The van der Waals surface area contributed by atoms with Gasteiger partial charge in [-0.25, -0.2) is 0 Å². The van der Waals surface area contributed by atoms with Crippen molar-refractivity contribution in [3.8, 4) is 0 Å². The third-order valence-corrected chi connectivity index (χ3v) is 2.82. The smallest absolute Gasteiger partial charge is 0.264 e. The average Bonchev–Trinajstić information content (AvgIpc) is 2.25. The molecule has 108 valence electrons. The van der Waals surface area contributed by atoms with E-state index >= 15 is 0 Å². The quantitative estimate of drug-likeness (QED) is 0.386. The van der Waals surface area contributed by atoms with Gasteiger partial charge in [-0.15, -0.1) is 13.2 Å². The molecule has 0 rings (SSSR count). The first-order valence-corrected chi connectivity index (χ1v) is 7.82. The summed E-state index contributed by atoms with van der Waals surface area (Å²) in [6, 6.07) is 0. The van der Waals surface area contributed by atoms with E-state index in [1.54, 1.807) is 0 Å². The molecule has 0 aliphatic heterocycles. The molecule has 5 heteroatoms. The Morgan fingerprint density at radius 2 is 1.67 bits per heavy atom. The fraction of sp³-hybridized carbons (Fsp3) is 0.692. The van der Waals surface area contributed by atoms with Crippen LogP contribution in [0.15, 0.2) is 25.3 Å². The molecule has 0 fully saturated rings. The van der Waals surface area contributed by atoms with Gasteiger partial charge in [0.1, 0.15) is 0 Å². The molecule has 0 aliphatic rings. The van der Waals surface area contributed by atoms with Crippen LogP contribution >= 0.6 is 0 Å². The molecule has 0 amide bonds. The molecule has 0 saturated carbocycles. The highest BCUT2D eigenvalue weighted by atomic mass is 32.2. The van der Waals surface area contributed by atoms with E-state index in [4.69, 9.17) is 4.55 Å². The van der Waals surface area contributed by atoms with E-state index in [-0.39, 0.29) is 5.75 Å². The summed E-state index contributed by atoms with van der Waals surface area (Å²) in [4.78, 5) is 0. The lowest BCUT2D eigenvalue weighted by Crippen LogP contribution is -2.11. The van der Waals surface area contributed by atoms with Crippen molar-refractivity contribution in [1.82, 2.24) is 5.32 Å². The molecule has 0 aromatic heterocycles. The Bertz CT molecular complexity index is 289. The summed E-state index contributed by atoms with van der Waals surface area (Å²) in [5.74, 6) is 0.510. The van der Waals surface area contributed by atoms with Crippen LogP contribution in [0.5, 0.6) is 0 Å². The summed E-state index contributed by atoms with van der Waals surface area (Å²) in [6.07, 6.45) is 6.11. The van der Waals surface area contributed by atoms with Gasteiger partial charge in [0, 0.05) is 13.1 Å². The minimum Gasteiger partial charge on any atom is -0.310 e. The predicted octanol–water partition coefficient (Wildman–Crippen LogP) is 2.65. The molecule has 0 aromatic carbocycles. The Morgan fingerprint density at radius 3 is 2.00 bits per heavy atom. The van der Waals surface area contributed by atoms with Crippen LogP contribution in [-0.2, 0) is 10.1 Å². The standard InChI is InChI=1S/C7H16O3S.C6H11N/c1-7(2)5-3-4-6-11(8,9)10;1-3-5-7-6-4-2/h7H,3-6H2,1-2H3,(H,8,9,10);3-4,7H,1-2,5-6H2. The number of hydrogen-bond donors (Lipinski definition) is 2. The molecule has 4 nitrogen and oxygen atoms in total. The molecule has 0 spiro atoms.